The maximum Gasteiger partial charge on any atom is 0.337 e. The number of esters is 2. The average molecular weight is 752 g/mol. The molecular weight excluding hydrogens is 706 g/mol. The third-order valence-corrected chi connectivity index (χ3v) is 8.76. The molecule has 4 saturated heterocycles. The lowest BCUT2D eigenvalue weighted by molar-refractivity contribution is -0.386. The van der Waals surface area contributed by atoms with Crippen LogP contribution in [0.3, 0.4) is 0 Å². The van der Waals surface area contributed by atoms with Gasteiger partial charge in [-0.1, -0.05) is 0 Å². The lowest BCUT2D eigenvalue weighted by atomic mass is 9.95. The molecule has 24 nitrogen and oxygen atoms in total. The maximum atomic E-state index is 12.5. The number of aliphatic hydroxyl groups excluding tert-OH is 11. The molecule has 51 heavy (non-hydrogen) atoms. The SMILES string of the molecule is COC(=O)C1OC(OC2C(CO)OC(OC3C(O)C(OCN)OC(C(=O)OC)C3O)C(O)C2O)C(O)C(OC2OC(CO)C(O)C(O)C2O)C1O. The van der Waals surface area contributed by atoms with Crippen molar-refractivity contribution in [3.05, 3.63) is 0 Å². The number of rotatable bonds is 12. The second kappa shape index (κ2) is 18.0. The molecule has 4 aliphatic heterocycles. The summed E-state index contributed by atoms with van der Waals surface area (Å²) in [6.07, 6.45) is -38.2. The number of ether oxygens (including phenoxy) is 10. The van der Waals surface area contributed by atoms with Crippen molar-refractivity contribution in [3.63, 3.8) is 0 Å². The lowest BCUT2D eigenvalue weighted by Crippen LogP contribution is -2.68. The van der Waals surface area contributed by atoms with E-state index < -0.39 is 155 Å². The van der Waals surface area contributed by atoms with Gasteiger partial charge in [0.15, 0.2) is 37.4 Å². The van der Waals surface area contributed by atoms with Crippen LogP contribution in [0.5, 0.6) is 0 Å². The predicted octanol–water partition coefficient (Wildman–Crippen LogP) is -9.45. The number of aliphatic hydroxyl groups is 11. The molecule has 0 bridgehead atoms. The highest BCUT2D eigenvalue weighted by Crippen LogP contribution is 2.35. The van der Waals surface area contributed by atoms with Gasteiger partial charge in [0.25, 0.3) is 0 Å². The molecule has 0 spiro atoms. The molecule has 0 saturated carbocycles. The van der Waals surface area contributed by atoms with Crippen LogP contribution in [0.15, 0.2) is 0 Å². The topological polar surface area (TPSA) is 375 Å². The van der Waals surface area contributed by atoms with E-state index in [2.05, 4.69) is 9.47 Å². The Morgan fingerprint density at radius 2 is 0.922 bits per heavy atom. The van der Waals surface area contributed by atoms with Crippen molar-refractivity contribution in [1.29, 1.82) is 0 Å². The first-order valence-electron chi connectivity index (χ1n) is 15.5. The smallest absolute Gasteiger partial charge is 0.337 e. The standard InChI is InChI=1S/C27H45NO23/c1-42-22(40)20-13(36)18(15(38)24(50-20)44-5-28)48-26-12(35)10(33)17(7(4-30)46-26)47-27-16(39)19(14(37)21(51-27)23(41)43-2)49-25-11(34)9(32)8(31)6(3-29)45-25/h6-21,24-27,29-39H,3-5,28H2,1-2H3. The van der Waals surface area contributed by atoms with E-state index in [4.69, 9.17) is 43.6 Å². The summed E-state index contributed by atoms with van der Waals surface area (Å²) in [5.41, 5.74) is 5.35. The van der Waals surface area contributed by atoms with Gasteiger partial charge in [0, 0.05) is 0 Å². The predicted molar refractivity (Wildman–Crippen MR) is 152 cm³/mol. The van der Waals surface area contributed by atoms with E-state index in [0.29, 0.717) is 0 Å². The zero-order valence-corrected chi connectivity index (χ0v) is 27.1. The Hall–Kier alpha value is -1.86. The number of hydrogen-bond donors (Lipinski definition) is 12. The van der Waals surface area contributed by atoms with Gasteiger partial charge in [-0.3, -0.25) is 0 Å². The monoisotopic (exact) mass is 751 g/mol. The number of methoxy groups -OCH3 is 2. The first-order valence-corrected chi connectivity index (χ1v) is 15.5. The van der Waals surface area contributed by atoms with E-state index in [1.807, 2.05) is 0 Å². The van der Waals surface area contributed by atoms with Crippen LogP contribution in [0.25, 0.3) is 0 Å². The van der Waals surface area contributed by atoms with Gasteiger partial charge < -0.3 is 109 Å². The normalized spacial score (nSPS) is 47.8. The fourth-order valence-electron chi connectivity index (χ4n) is 5.94. The van der Waals surface area contributed by atoms with Crippen LogP contribution in [-0.4, -0.2) is 225 Å². The van der Waals surface area contributed by atoms with Gasteiger partial charge in [0.1, 0.15) is 85.5 Å². The number of nitrogens with two attached hydrogens (primary N) is 1. The van der Waals surface area contributed by atoms with E-state index in [9.17, 15) is 65.8 Å². The second-order valence-electron chi connectivity index (χ2n) is 11.9. The van der Waals surface area contributed by atoms with Crippen LogP contribution in [0.4, 0.5) is 0 Å². The summed E-state index contributed by atoms with van der Waals surface area (Å²) in [7, 11) is 1.91. The van der Waals surface area contributed by atoms with Crippen LogP contribution < -0.4 is 5.73 Å². The summed E-state index contributed by atoms with van der Waals surface area (Å²) >= 11 is 0. The fraction of sp³-hybridized carbons (Fsp3) is 0.926. The van der Waals surface area contributed by atoms with E-state index in [1.165, 1.54) is 0 Å². The van der Waals surface area contributed by atoms with E-state index in [-0.39, 0.29) is 0 Å². The molecule has 0 aromatic heterocycles. The minimum absolute atomic E-state index is 0.511. The van der Waals surface area contributed by atoms with Gasteiger partial charge in [-0.05, 0) is 0 Å². The Morgan fingerprint density at radius 1 is 0.510 bits per heavy atom. The van der Waals surface area contributed by atoms with Gasteiger partial charge in [0.05, 0.1) is 34.2 Å². The Bertz CT molecular complexity index is 1130. The van der Waals surface area contributed by atoms with Gasteiger partial charge >= 0.3 is 11.9 Å². The molecule has 0 aromatic rings. The average Bonchev–Trinajstić information content (AvgIpc) is 3.12. The largest absolute Gasteiger partial charge is 0.467 e. The highest BCUT2D eigenvalue weighted by Gasteiger charge is 2.57. The lowest BCUT2D eigenvalue weighted by Gasteiger charge is -2.48. The van der Waals surface area contributed by atoms with Gasteiger partial charge in [-0.25, -0.2) is 9.59 Å². The van der Waals surface area contributed by atoms with Crippen LogP contribution in [0.1, 0.15) is 0 Å². The maximum absolute atomic E-state index is 12.5. The summed E-state index contributed by atoms with van der Waals surface area (Å²) in [6.45, 7) is -2.36. The zero-order valence-electron chi connectivity index (χ0n) is 27.1. The van der Waals surface area contributed by atoms with Crippen molar-refractivity contribution in [3.8, 4) is 0 Å². The highest BCUT2D eigenvalue weighted by atomic mass is 16.8. The Balaban J connectivity index is 1.54. The molecule has 20 unspecified atom stereocenters. The van der Waals surface area contributed by atoms with Gasteiger partial charge in [0.2, 0.25) is 0 Å². The van der Waals surface area contributed by atoms with Crippen LogP contribution in [0.2, 0.25) is 0 Å². The Morgan fingerprint density at radius 3 is 1.39 bits per heavy atom. The summed E-state index contributed by atoms with van der Waals surface area (Å²) < 4.78 is 52.4. The highest BCUT2D eigenvalue weighted by molar-refractivity contribution is 5.76. The Labute approximate surface area is 288 Å². The Kier molecular flexibility index (Phi) is 14.8. The molecule has 0 amide bonds. The molecule has 0 radical (unpaired) electrons. The second-order valence-corrected chi connectivity index (χ2v) is 11.9. The van der Waals surface area contributed by atoms with E-state index >= 15 is 0 Å². The minimum atomic E-state index is -2.15. The molecule has 4 fully saturated rings. The quantitative estimate of drug-likeness (QED) is 0.0650. The van der Waals surface area contributed by atoms with E-state index in [0.717, 1.165) is 14.2 Å². The van der Waals surface area contributed by atoms with Crippen LogP contribution in [0, 0.1) is 0 Å². The number of carbonyl (C=O) groups is 2. The molecule has 296 valence electrons. The first kappa shape index (κ1) is 41.9. The van der Waals surface area contributed by atoms with Crippen LogP contribution >= 0.6 is 0 Å². The summed E-state index contributed by atoms with van der Waals surface area (Å²) in [5, 5.41) is 116. The molecular formula is C27H45NO23. The van der Waals surface area contributed by atoms with Crippen molar-refractivity contribution < 1.29 is 113 Å². The molecule has 24 heteroatoms. The summed E-state index contributed by atoms with van der Waals surface area (Å²) in [6, 6.07) is 0. The van der Waals surface area contributed by atoms with Crippen molar-refractivity contribution in [1.82, 2.24) is 0 Å². The molecule has 0 aliphatic carbocycles. The third-order valence-electron chi connectivity index (χ3n) is 8.76. The third kappa shape index (κ3) is 8.60. The first-order chi connectivity index (χ1) is 24.1. The number of hydrogen-bond acceptors (Lipinski definition) is 24. The summed E-state index contributed by atoms with van der Waals surface area (Å²) in [5.74, 6) is -2.33. The molecule has 4 heterocycles. The van der Waals surface area contributed by atoms with Crippen molar-refractivity contribution >= 4 is 11.9 Å². The van der Waals surface area contributed by atoms with Crippen molar-refractivity contribution in [2.75, 3.05) is 34.2 Å². The minimum Gasteiger partial charge on any atom is -0.467 e. The molecule has 13 N–H and O–H groups in total. The molecule has 20 atom stereocenters. The van der Waals surface area contributed by atoms with Crippen molar-refractivity contribution in [2.24, 2.45) is 5.73 Å². The fourth-order valence-corrected chi connectivity index (χ4v) is 5.94. The number of carbonyl (C=O) groups excluding carboxylic acids is 2. The zero-order chi connectivity index (χ0) is 37.9. The van der Waals surface area contributed by atoms with Gasteiger partial charge in [-0.2, -0.15) is 0 Å². The van der Waals surface area contributed by atoms with E-state index in [1.54, 1.807) is 0 Å². The summed E-state index contributed by atoms with van der Waals surface area (Å²) in [4.78, 5) is 24.8. The van der Waals surface area contributed by atoms with Crippen molar-refractivity contribution in [2.45, 2.75) is 123 Å². The molecule has 4 rings (SSSR count). The van der Waals surface area contributed by atoms with Crippen LogP contribution in [-0.2, 0) is 57.0 Å². The van der Waals surface area contributed by atoms with Gasteiger partial charge in [-0.15, -0.1) is 0 Å². The molecule has 4 aliphatic rings. The molecule has 0 aromatic carbocycles.